The van der Waals surface area contributed by atoms with Gasteiger partial charge >= 0.3 is 0 Å². The van der Waals surface area contributed by atoms with Gasteiger partial charge in [0.1, 0.15) is 24.2 Å². The summed E-state index contributed by atoms with van der Waals surface area (Å²) < 4.78 is -1.39. The van der Waals surface area contributed by atoms with Crippen molar-refractivity contribution in [3.05, 3.63) is 143 Å². The van der Waals surface area contributed by atoms with Gasteiger partial charge in [-0.2, -0.15) is 0 Å². The quantitative estimate of drug-likeness (QED) is 0.0587. The summed E-state index contributed by atoms with van der Waals surface area (Å²) in [5.74, 6) is -2.17. The molecule has 0 spiro atoms. The number of hydrogen-bond donors (Lipinski definition) is 9. The van der Waals surface area contributed by atoms with Crippen molar-refractivity contribution in [3.63, 3.8) is 0 Å². The van der Waals surface area contributed by atoms with E-state index in [0.29, 0.717) is 0 Å². The zero-order chi connectivity index (χ0) is 47.3. The fourth-order valence-electron chi connectivity index (χ4n) is 7.80. The maximum absolute atomic E-state index is 13.8. The highest BCUT2D eigenvalue weighted by Gasteiger charge is 2.50. The highest BCUT2D eigenvalue weighted by Crippen LogP contribution is 2.40. The lowest BCUT2D eigenvalue weighted by atomic mass is 10.0. The van der Waals surface area contributed by atoms with Crippen LogP contribution >= 0.6 is 23.5 Å². The van der Waals surface area contributed by atoms with Gasteiger partial charge in [-0.15, -0.1) is 23.5 Å². The second kappa shape index (κ2) is 23.1. The summed E-state index contributed by atoms with van der Waals surface area (Å²) >= 11 is 2.77. The molecule has 2 aliphatic rings. The molecule has 4 aromatic rings. The normalized spacial score (nSPS) is 20.3. The number of carbonyl (C=O) groups is 6. The number of rotatable bonds is 20. The highest BCUT2D eigenvalue weighted by atomic mass is 32.2. The molecule has 0 saturated carbocycles. The molecule has 9 N–H and O–H groups in total. The molecule has 6 atom stereocenters. The van der Waals surface area contributed by atoms with Gasteiger partial charge in [0.2, 0.25) is 35.4 Å². The monoisotopic (exact) mass is 936 g/mol. The van der Waals surface area contributed by atoms with Crippen LogP contribution in [0.2, 0.25) is 0 Å². The topological polar surface area (TPSA) is 219 Å². The third kappa shape index (κ3) is 13.9. The van der Waals surface area contributed by atoms with Crippen molar-refractivity contribution in [3.8, 4) is 0 Å². The summed E-state index contributed by atoms with van der Waals surface area (Å²) in [4.78, 5) is 81.7. The lowest BCUT2D eigenvalue weighted by Crippen LogP contribution is -2.58. The number of nitrogens with one attached hydrogen (secondary N) is 8. The molecule has 2 heterocycles. The van der Waals surface area contributed by atoms with E-state index in [9.17, 15) is 33.9 Å². The van der Waals surface area contributed by atoms with E-state index in [0.717, 1.165) is 27.8 Å². The van der Waals surface area contributed by atoms with Gasteiger partial charge in [0.05, 0.1) is 30.2 Å². The second-order valence-electron chi connectivity index (χ2n) is 17.4. The maximum Gasteiger partial charge on any atom is 0.245 e. The fourth-order valence-corrected chi connectivity index (χ4v) is 10.8. The van der Waals surface area contributed by atoms with E-state index in [1.54, 1.807) is 12.1 Å². The van der Waals surface area contributed by atoms with Gasteiger partial charge in [-0.1, -0.05) is 115 Å². The average molecular weight is 937 g/mol. The van der Waals surface area contributed by atoms with Gasteiger partial charge in [-0.25, -0.2) is 0 Å². The Morgan fingerprint density at radius 3 is 1.24 bits per heavy atom. The molecule has 4 aromatic carbocycles. The summed E-state index contributed by atoms with van der Waals surface area (Å²) in [6, 6.07) is 31.5. The number of thioether (sulfide) groups is 2. The van der Waals surface area contributed by atoms with Gasteiger partial charge < -0.3 is 37.0 Å². The van der Waals surface area contributed by atoms with Gasteiger partial charge in [0.15, 0.2) is 0 Å². The second-order valence-corrected chi connectivity index (χ2v) is 21.0. The van der Waals surface area contributed by atoms with Crippen molar-refractivity contribution in [1.29, 1.82) is 0 Å². The van der Waals surface area contributed by atoms with E-state index in [1.807, 2.05) is 131 Å². The Morgan fingerprint density at radius 1 is 0.515 bits per heavy atom. The first-order valence-corrected chi connectivity index (χ1v) is 23.8. The van der Waals surface area contributed by atoms with E-state index in [1.165, 1.54) is 23.5 Å². The Morgan fingerprint density at radius 2 is 0.864 bits per heavy atom. The lowest BCUT2D eigenvalue weighted by Gasteiger charge is -2.25. The Balaban J connectivity index is 1.04. The van der Waals surface area contributed by atoms with Crippen LogP contribution in [0.5, 0.6) is 0 Å². The van der Waals surface area contributed by atoms with Crippen molar-refractivity contribution in [2.24, 2.45) is 0 Å². The van der Waals surface area contributed by atoms with Crippen LogP contribution in [-0.4, -0.2) is 98.0 Å². The summed E-state index contributed by atoms with van der Waals surface area (Å²) in [5, 5.41) is 32.2. The summed E-state index contributed by atoms with van der Waals surface area (Å²) in [6.07, 6.45) is 0.142. The van der Waals surface area contributed by atoms with Crippen molar-refractivity contribution < 1.29 is 33.9 Å². The summed E-state index contributed by atoms with van der Waals surface area (Å²) in [6.45, 7) is 8.14. The molecule has 0 radical (unpaired) electrons. The maximum atomic E-state index is 13.8. The van der Waals surface area contributed by atoms with Gasteiger partial charge in [0, 0.05) is 35.7 Å². The van der Waals surface area contributed by atoms with E-state index in [-0.39, 0.29) is 75.2 Å². The smallest absolute Gasteiger partial charge is 0.245 e. The first-order valence-electron chi connectivity index (χ1n) is 22.0. The zero-order valence-electron chi connectivity index (χ0n) is 37.6. The standard InChI is InChI=1S/C49H60N8O7S2/c1-48(2)40(56-46(65-48)38(42(61)52-28-33-18-12-7-13-19-33)54-36(59)26-31-14-8-5-9-15-31)44(63)50-24-25-51-45(64)41-49(3,4)66-47(57-41)39(55-37(60)27-32-16-10-6-11-17-32)43(62)53-29-34-20-22-35(30-58)23-21-34/h5-23,38-41,46-47,56-58H,24-30H2,1-4H3,(H,50,63)(H,51,64)(H,52,61)(H,53,62)(H,54,59)(H,55,60)/t38?,39?,40-,41-,46+,47+/m0/s1. The fraction of sp³-hybridized carbons (Fsp3) is 0.388. The molecule has 2 saturated heterocycles. The molecule has 350 valence electrons. The van der Waals surface area contributed by atoms with Crippen molar-refractivity contribution >= 4 is 59.0 Å². The van der Waals surface area contributed by atoms with Crippen LogP contribution in [0, 0.1) is 0 Å². The third-order valence-corrected chi connectivity index (χ3v) is 14.4. The number of aliphatic hydroxyl groups is 1. The minimum absolute atomic E-state index is 0.0621. The van der Waals surface area contributed by atoms with Crippen LogP contribution in [0.25, 0.3) is 0 Å². The number of hydrogen-bond acceptors (Lipinski definition) is 11. The van der Waals surface area contributed by atoms with Crippen LogP contribution in [-0.2, 0) is 61.3 Å². The van der Waals surface area contributed by atoms with E-state index < -0.39 is 50.3 Å². The minimum Gasteiger partial charge on any atom is -0.392 e. The molecule has 66 heavy (non-hydrogen) atoms. The molecule has 2 unspecified atom stereocenters. The van der Waals surface area contributed by atoms with E-state index in [2.05, 4.69) is 42.5 Å². The molecule has 0 aromatic heterocycles. The van der Waals surface area contributed by atoms with Crippen LogP contribution in [0.1, 0.15) is 55.5 Å². The highest BCUT2D eigenvalue weighted by molar-refractivity contribution is 8.01. The van der Waals surface area contributed by atoms with Crippen molar-refractivity contribution in [2.75, 3.05) is 13.1 Å². The van der Waals surface area contributed by atoms with Crippen LogP contribution in [0.4, 0.5) is 0 Å². The molecule has 17 heteroatoms. The Labute approximate surface area is 394 Å². The first-order chi connectivity index (χ1) is 31.6. The Kier molecular flexibility index (Phi) is 17.4. The largest absolute Gasteiger partial charge is 0.392 e. The molecule has 0 aliphatic carbocycles. The van der Waals surface area contributed by atoms with Gasteiger partial charge in [0.25, 0.3) is 0 Å². The molecule has 6 rings (SSSR count). The molecule has 2 aliphatic heterocycles. The Hall–Kier alpha value is -5.72. The molecular formula is C49H60N8O7S2. The number of amides is 6. The third-order valence-electron chi connectivity index (χ3n) is 11.4. The summed E-state index contributed by atoms with van der Waals surface area (Å²) in [5.41, 5.74) is 4.04. The molecule has 6 amide bonds. The minimum atomic E-state index is -1.03. The molecular weight excluding hydrogens is 877 g/mol. The first kappa shape index (κ1) is 49.7. The summed E-state index contributed by atoms with van der Waals surface area (Å²) in [7, 11) is 0. The van der Waals surface area contributed by atoms with Crippen LogP contribution in [0.15, 0.2) is 115 Å². The molecule has 0 bridgehead atoms. The molecule has 15 nitrogen and oxygen atoms in total. The number of aliphatic hydroxyl groups excluding tert-OH is 1. The zero-order valence-corrected chi connectivity index (χ0v) is 39.2. The van der Waals surface area contributed by atoms with E-state index in [4.69, 9.17) is 0 Å². The van der Waals surface area contributed by atoms with Crippen molar-refractivity contribution in [2.45, 2.75) is 105 Å². The number of benzene rings is 4. The Bertz CT molecular complexity index is 2290. The van der Waals surface area contributed by atoms with Crippen LogP contribution in [0.3, 0.4) is 0 Å². The van der Waals surface area contributed by atoms with Gasteiger partial charge in [-0.05, 0) is 55.5 Å². The van der Waals surface area contributed by atoms with Crippen molar-refractivity contribution in [1.82, 2.24) is 42.5 Å². The predicted molar refractivity (Wildman–Crippen MR) is 257 cm³/mol. The van der Waals surface area contributed by atoms with E-state index >= 15 is 0 Å². The van der Waals surface area contributed by atoms with Crippen LogP contribution < -0.4 is 42.5 Å². The van der Waals surface area contributed by atoms with Gasteiger partial charge in [-0.3, -0.25) is 39.4 Å². The predicted octanol–water partition coefficient (Wildman–Crippen LogP) is 2.42. The average Bonchev–Trinajstić information content (AvgIpc) is 3.81. The SMILES string of the molecule is CC1(C)S[C@H](C(NC(=O)Cc2ccccc2)C(=O)NCc2ccccc2)N[C@H]1C(=O)NCCNC(=O)[C@@H]1N[C@@H](C(NC(=O)Cc2ccccc2)C(=O)NCc2ccc(CO)cc2)SC1(C)C. The molecule has 2 fully saturated rings. The number of carbonyl (C=O) groups excluding carboxylic acids is 6. The lowest BCUT2D eigenvalue weighted by molar-refractivity contribution is -0.129.